The van der Waals surface area contributed by atoms with Crippen LogP contribution in [-0.4, -0.2) is 22.4 Å². The van der Waals surface area contributed by atoms with E-state index in [2.05, 4.69) is 9.88 Å². The van der Waals surface area contributed by atoms with Gasteiger partial charge < -0.3 is 9.47 Å². The largest absolute Gasteiger partial charge is 0.478 e. The number of hydrogen-bond acceptors (Lipinski definition) is 5. The van der Waals surface area contributed by atoms with Crippen molar-refractivity contribution < 1.29 is 14.3 Å². The van der Waals surface area contributed by atoms with Crippen LogP contribution in [0.5, 0.6) is 11.5 Å². The molecule has 2 aromatic carbocycles. The molecule has 6 heteroatoms. The highest BCUT2D eigenvalue weighted by atomic mass is 35.5. The SMILES string of the molecule is O=C1/C(=C/c2ccc(Cl)cc2)Oc2c1ccc1c2CN(Cc2ccccn2)CO1. The number of nitrogens with zero attached hydrogens (tertiary/aromatic N) is 2. The van der Waals surface area contributed by atoms with E-state index in [-0.39, 0.29) is 5.78 Å². The van der Waals surface area contributed by atoms with Gasteiger partial charge in [-0.25, -0.2) is 0 Å². The van der Waals surface area contributed by atoms with Gasteiger partial charge in [-0.15, -0.1) is 0 Å². The molecule has 0 radical (unpaired) electrons. The van der Waals surface area contributed by atoms with E-state index in [0.717, 1.165) is 22.6 Å². The Labute approximate surface area is 173 Å². The summed E-state index contributed by atoms with van der Waals surface area (Å²) < 4.78 is 11.9. The second-order valence-electron chi connectivity index (χ2n) is 6.99. The number of pyridine rings is 1. The van der Waals surface area contributed by atoms with E-state index < -0.39 is 0 Å². The average Bonchev–Trinajstić information content (AvgIpc) is 3.06. The van der Waals surface area contributed by atoms with Crippen LogP contribution in [0.4, 0.5) is 0 Å². The first-order chi connectivity index (χ1) is 14.2. The molecule has 0 spiro atoms. The maximum Gasteiger partial charge on any atom is 0.231 e. The minimum Gasteiger partial charge on any atom is -0.478 e. The molecule has 0 amide bonds. The van der Waals surface area contributed by atoms with Crippen LogP contribution in [0.1, 0.15) is 27.2 Å². The van der Waals surface area contributed by atoms with Crippen LogP contribution in [0, 0.1) is 0 Å². The van der Waals surface area contributed by atoms with Crippen LogP contribution in [-0.2, 0) is 13.1 Å². The van der Waals surface area contributed by atoms with Crippen LogP contribution in [0.2, 0.25) is 5.02 Å². The molecule has 0 saturated carbocycles. The molecule has 0 aliphatic carbocycles. The second-order valence-corrected chi connectivity index (χ2v) is 7.43. The van der Waals surface area contributed by atoms with E-state index in [1.165, 1.54) is 0 Å². The number of carbonyl (C=O) groups is 1. The molecule has 1 aromatic heterocycles. The predicted molar refractivity (Wildman–Crippen MR) is 110 cm³/mol. The summed E-state index contributed by atoms with van der Waals surface area (Å²) in [5.41, 5.74) is 3.27. The third kappa shape index (κ3) is 3.50. The highest BCUT2D eigenvalue weighted by Crippen LogP contribution is 2.42. The first-order valence-corrected chi connectivity index (χ1v) is 9.66. The summed E-state index contributed by atoms with van der Waals surface area (Å²) in [6, 6.07) is 16.7. The van der Waals surface area contributed by atoms with E-state index in [9.17, 15) is 4.79 Å². The molecule has 0 unspecified atom stereocenters. The Morgan fingerprint density at radius 2 is 1.97 bits per heavy atom. The van der Waals surface area contributed by atoms with Crippen molar-refractivity contribution in [1.82, 2.24) is 9.88 Å². The van der Waals surface area contributed by atoms with Gasteiger partial charge in [0.15, 0.2) is 5.76 Å². The molecular formula is C23H17ClN2O3. The van der Waals surface area contributed by atoms with Gasteiger partial charge >= 0.3 is 0 Å². The molecule has 0 atom stereocenters. The van der Waals surface area contributed by atoms with E-state index in [0.29, 0.717) is 41.9 Å². The van der Waals surface area contributed by atoms with Gasteiger partial charge in [0.25, 0.3) is 0 Å². The standard InChI is InChI=1S/C23H17ClN2O3/c24-16-6-4-15(5-7-16)11-21-22(27)18-8-9-20-19(23(18)29-21)13-26(14-28-20)12-17-3-1-2-10-25-17/h1-11H,12-14H2/b21-11-. The van der Waals surface area contributed by atoms with Gasteiger partial charge in [0.2, 0.25) is 5.78 Å². The molecule has 0 N–H and O–H groups in total. The fraction of sp³-hybridized carbons (Fsp3) is 0.130. The maximum absolute atomic E-state index is 12.8. The van der Waals surface area contributed by atoms with Crippen LogP contribution in [0.15, 0.2) is 66.6 Å². The smallest absolute Gasteiger partial charge is 0.231 e. The summed E-state index contributed by atoms with van der Waals surface area (Å²) in [5.74, 6) is 1.51. The number of ketones is 1. The van der Waals surface area contributed by atoms with Crippen LogP contribution >= 0.6 is 11.6 Å². The number of Topliss-reactive ketones (excluding diaryl/α,β-unsaturated/α-hetero) is 1. The molecule has 29 heavy (non-hydrogen) atoms. The van der Waals surface area contributed by atoms with Crippen LogP contribution in [0.3, 0.4) is 0 Å². The first-order valence-electron chi connectivity index (χ1n) is 9.28. The normalized spacial score (nSPS) is 16.9. The summed E-state index contributed by atoms with van der Waals surface area (Å²) in [5, 5.41) is 0.647. The number of fused-ring (bicyclic) bond motifs is 3. The van der Waals surface area contributed by atoms with Gasteiger partial charge in [0, 0.05) is 24.3 Å². The number of halogens is 1. The Bertz CT molecular complexity index is 1110. The van der Waals surface area contributed by atoms with Crippen molar-refractivity contribution in [2.45, 2.75) is 13.1 Å². The number of carbonyl (C=O) groups excluding carboxylic acids is 1. The van der Waals surface area contributed by atoms with E-state index in [1.807, 2.05) is 36.4 Å². The number of aromatic nitrogens is 1. The van der Waals surface area contributed by atoms with Gasteiger partial charge in [-0.2, -0.15) is 0 Å². The van der Waals surface area contributed by atoms with Crippen molar-refractivity contribution >= 4 is 23.5 Å². The Balaban J connectivity index is 1.43. The van der Waals surface area contributed by atoms with E-state index in [1.54, 1.807) is 30.5 Å². The van der Waals surface area contributed by atoms with Crippen molar-refractivity contribution in [3.8, 4) is 11.5 Å². The summed E-state index contributed by atoms with van der Waals surface area (Å²) >= 11 is 5.94. The Kier molecular flexibility index (Phi) is 4.54. The fourth-order valence-electron chi connectivity index (χ4n) is 3.54. The third-order valence-electron chi connectivity index (χ3n) is 4.96. The van der Waals surface area contributed by atoms with Crippen molar-refractivity contribution in [2.75, 3.05) is 6.73 Å². The van der Waals surface area contributed by atoms with Gasteiger partial charge in [-0.05, 0) is 48.0 Å². The summed E-state index contributed by atoms with van der Waals surface area (Å²) in [6.45, 7) is 1.74. The maximum atomic E-state index is 12.8. The first kappa shape index (κ1) is 17.9. The van der Waals surface area contributed by atoms with Crippen LogP contribution < -0.4 is 9.47 Å². The highest BCUT2D eigenvalue weighted by molar-refractivity contribution is 6.30. The Morgan fingerprint density at radius 1 is 1.10 bits per heavy atom. The molecule has 2 aliphatic rings. The average molecular weight is 405 g/mol. The van der Waals surface area contributed by atoms with Crippen molar-refractivity contribution in [1.29, 1.82) is 0 Å². The molecule has 0 saturated heterocycles. The summed E-state index contributed by atoms with van der Waals surface area (Å²) in [4.78, 5) is 19.3. The fourth-order valence-corrected chi connectivity index (χ4v) is 3.66. The van der Waals surface area contributed by atoms with E-state index in [4.69, 9.17) is 21.1 Å². The van der Waals surface area contributed by atoms with Gasteiger partial charge in [0.05, 0.1) is 16.8 Å². The molecule has 3 heterocycles. The quantitative estimate of drug-likeness (QED) is 0.592. The van der Waals surface area contributed by atoms with Crippen molar-refractivity contribution in [2.24, 2.45) is 0 Å². The minimum atomic E-state index is -0.125. The zero-order valence-corrected chi connectivity index (χ0v) is 16.2. The lowest BCUT2D eigenvalue weighted by Gasteiger charge is -2.29. The predicted octanol–water partition coefficient (Wildman–Crippen LogP) is 4.70. The second kappa shape index (κ2) is 7.35. The number of hydrogen-bond donors (Lipinski definition) is 0. The van der Waals surface area contributed by atoms with Crippen LogP contribution in [0.25, 0.3) is 6.08 Å². The van der Waals surface area contributed by atoms with Gasteiger partial charge in [0.1, 0.15) is 18.2 Å². The molecule has 2 aliphatic heterocycles. The highest BCUT2D eigenvalue weighted by Gasteiger charge is 2.33. The molecule has 144 valence electrons. The topological polar surface area (TPSA) is 51.7 Å². The Hall–Kier alpha value is -3.15. The lowest BCUT2D eigenvalue weighted by molar-refractivity contribution is 0.0861. The molecule has 5 rings (SSSR count). The number of allylic oxidation sites excluding steroid dienone is 1. The minimum absolute atomic E-state index is 0.125. The number of rotatable bonds is 3. The molecule has 5 nitrogen and oxygen atoms in total. The zero-order chi connectivity index (χ0) is 19.8. The molecular weight excluding hydrogens is 388 g/mol. The lowest BCUT2D eigenvalue weighted by atomic mass is 10.0. The van der Waals surface area contributed by atoms with Gasteiger partial charge in [-0.3, -0.25) is 14.7 Å². The zero-order valence-electron chi connectivity index (χ0n) is 15.5. The lowest BCUT2D eigenvalue weighted by Crippen LogP contribution is -2.32. The van der Waals surface area contributed by atoms with Crippen molar-refractivity contribution in [3.05, 3.63) is 94.0 Å². The molecule has 0 bridgehead atoms. The monoisotopic (exact) mass is 404 g/mol. The number of ether oxygens (including phenoxy) is 2. The van der Waals surface area contributed by atoms with Gasteiger partial charge in [-0.1, -0.05) is 29.8 Å². The summed E-state index contributed by atoms with van der Waals surface area (Å²) in [7, 11) is 0. The summed E-state index contributed by atoms with van der Waals surface area (Å²) in [6.07, 6.45) is 3.52. The Morgan fingerprint density at radius 3 is 2.76 bits per heavy atom. The number of benzene rings is 2. The third-order valence-corrected chi connectivity index (χ3v) is 5.21. The molecule has 3 aromatic rings. The van der Waals surface area contributed by atoms with Crippen molar-refractivity contribution in [3.63, 3.8) is 0 Å². The molecule has 0 fully saturated rings. The van der Waals surface area contributed by atoms with E-state index >= 15 is 0 Å².